The summed E-state index contributed by atoms with van der Waals surface area (Å²) < 4.78 is 11.3. The molecule has 2 aromatic rings. The fourth-order valence-electron chi connectivity index (χ4n) is 4.68. The molecule has 1 amide bonds. The van der Waals surface area contributed by atoms with Crippen LogP contribution in [0.1, 0.15) is 61.0 Å². The van der Waals surface area contributed by atoms with Crippen molar-refractivity contribution in [1.82, 2.24) is 15.2 Å². The van der Waals surface area contributed by atoms with Gasteiger partial charge in [0.25, 0.3) is 0 Å². The van der Waals surface area contributed by atoms with E-state index in [1.807, 2.05) is 26.0 Å². The van der Waals surface area contributed by atoms with Gasteiger partial charge in [-0.1, -0.05) is 38.1 Å². The molecule has 0 aliphatic carbocycles. The largest absolute Gasteiger partial charge is 0.474 e. The lowest BCUT2D eigenvalue weighted by Crippen LogP contribution is -2.44. The number of piperidine rings is 1. The van der Waals surface area contributed by atoms with Crippen LogP contribution < -0.4 is 10.1 Å². The molecular weight excluding hydrogens is 458 g/mol. The summed E-state index contributed by atoms with van der Waals surface area (Å²) in [5.74, 6) is 0.675. The van der Waals surface area contributed by atoms with Crippen molar-refractivity contribution in [2.45, 2.75) is 70.7 Å². The number of nitrogens with one attached hydrogen (secondary N) is 1. The highest BCUT2D eigenvalue weighted by atomic mass is 16.6. The van der Waals surface area contributed by atoms with Gasteiger partial charge in [0.1, 0.15) is 6.10 Å². The molecule has 194 valence electrons. The Morgan fingerprint density at radius 3 is 2.67 bits per heavy atom. The Balaban J connectivity index is 1.23. The number of aromatic nitrogens is 1. The van der Waals surface area contributed by atoms with E-state index in [4.69, 9.17) is 9.47 Å². The van der Waals surface area contributed by atoms with Gasteiger partial charge in [0.15, 0.2) is 5.78 Å². The van der Waals surface area contributed by atoms with Crippen molar-refractivity contribution in [3.63, 3.8) is 0 Å². The normalized spacial score (nSPS) is 19.0. The summed E-state index contributed by atoms with van der Waals surface area (Å²) in [5.41, 5.74) is 3.04. The number of nitrogens with zero attached hydrogens (tertiary/aromatic N) is 2. The van der Waals surface area contributed by atoms with E-state index in [0.717, 1.165) is 13.0 Å². The maximum absolute atomic E-state index is 12.8. The Morgan fingerprint density at radius 2 is 1.92 bits per heavy atom. The minimum absolute atomic E-state index is 0.0415. The van der Waals surface area contributed by atoms with Crippen molar-refractivity contribution < 1.29 is 24.2 Å². The number of pyridine rings is 1. The van der Waals surface area contributed by atoms with Gasteiger partial charge in [-0.15, -0.1) is 0 Å². The second kappa shape index (κ2) is 12.3. The van der Waals surface area contributed by atoms with E-state index in [9.17, 15) is 14.7 Å². The lowest BCUT2D eigenvalue weighted by molar-refractivity contribution is 0.0605. The van der Waals surface area contributed by atoms with Gasteiger partial charge >= 0.3 is 6.09 Å². The van der Waals surface area contributed by atoms with Crippen LogP contribution in [0.4, 0.5) is 4.79 Å². The number of carbonyl (C=O) groups is 2. The molecule has 0 bridgehead atoms. The molecule has 36 heavy (non-hydrogen) atoms. The second-order valence-electron chi connectivity index (χ2n) is 10.1. The van der Waals surface area contributed by atoms with Crippen LogP contribution in [0.25, 0.3) is 0 Å². The van der Waals surface area contributed by atoms with E-state index in [2.05, 4.69) is 22.4 Å². The van der Waals surface area contributed by atoms with Crippen LogP contribution in [0.2, 0.25) is 0 Å². The van der Waals surface area contributed by atoms with Crippen molar-refractivity contribution in [2.24, 2.45) is 5.92 Å². The zero-order valence-corrected chi connectivity index (χ0v) is 21.2. The maximum atomic E-state index is 12.8. The highest BCUT2D eigenvalue weighted by Crippen LogP contribution is 2.22. The minimum atomic E-state index is -0.600. The predicted octanol–water partition coefficient (Wildman–Crippen LogP) is 3.76. The summed E-state index contributed by atoms with van der Waals surface area (Å²) in [7, 11) is 0. The Hall–Kier alpha value is -2.97. The lowest BCUT2D eigenvalue weighted by Gasteiger charge is -2.31. The first-order chi connectivity index (χ1) is 17.4. The van der Waals surface area contributed by atoms with Crippen LogP contribution in [0, 0.1) is 5.92 Å². The molecule has 8 heteroatoms. The highest BCUT2D eigenvalue weighted by Gasteiger charge is 2.27. The van der Waals surface area contributed by atoms with Crippen LogP contribution in [0.5, 0.6) is 5.88 Å². The van der Waals surface area contributed by atoms with Gasteiger partial charge in [-0.2, -0.15) is 0 Å². The molecule has 0 spiro atoms. The van der Waals surface area contributed by atoms with E-state index in [1.54, 1.807) is 23.2 Å². The zero-order valence-electron chi connectivity index (χ0n) is 21.2. The maximum Gasteiger partial charge on any atom is 0.409 e. The summed E-state index contributed by atoms with van der Waals surface area (Å²) in [5, 5.41) is 14.1. The average molecular weight is 496 g/mol. The van der Waals surface area contributed by atoms with Crippen LogP contribution in [-0.4, -0.2) is 64.8 Å². The van der Waals surface area contributed by atoms with Gasteiger partial charge in [-0.05, 0) is 36.0 Å². The highest BCUT2D eigenvalue weighted by molar-refractivity contribution is 5.96. The van der Waals surface area contributed by atoms with Crippen LogP contribution in [0.15, 0.2) is 42.6 Å². The van der Waals surface area contributed by atoms with E-state index in [1.165, 1.54) is 11.1 Å². The minimum Gasteiger partial charge on any atom is -0.474 e. The SMILES string of the molecule is CC(C)COC(=O)N1CCC(Oc2cc(C(=O)CC[C@@H](O)[C@@H]3Cc4ccccc4CN3)ccn2)CC1. The molecule has 2 N–H and O–H groups in total. The molecule has 1 aromatic heterocycles. The van der Waals surface area contributed by atoms with Gasteiger partial charge in [0.2, 0.25) is 5.88 Å². The summed E-state index contributed by atoms with van der Waals surface area (Å²) >= 11 is 0. The fourth-order valence-corrected chi connectivity index (χ4v) is 4.68. The molecule has 3 heterocycles. The van der Waals surface area contributed by atoms with Crippen LogP contribution in [0.3, 0.4) is 0 Å². The summed E-state index contributed by atoms with van der Waals surface area (Å²) in [6, 6.07) is 11.5. The van der Waals surface area contributed by atoms with E-state index in [0.29, 0.717) is 56.3 Å². The Kier molecular flexibility index (Phi) is 8.93. The molecule has 1 fully saturated rings. The molecule has 0 unspecified atom stereocenters. The zero-order chi connectivity index (χ0) is 25.5. The smallest absolute Gasteiger partial charge is 0.409 e. The van der Waals surface area contributed by atoms with Gasteiger partial charge in [-0.3, -0.25) is 4.79 Å². The number of amides is 1. The molecule has 8 nitrogen and oxygen atoms in total. The third kappa shape index (κ3) is 7.04. The Bertz CT molecular complexity index is 1040. The van der Waals surface area contributed by atoms with Crippen molar-refractivity contribution >= 4 is 11.9 Å². The molecule has 4 rings (SSSR count). The molecule has 2 aliphatic rings. The first kappa shape index (κ1) is 26.1. The number of ketones is 1. The average Bonchev–Trinajstić information content (AvgIpc) is 2.90. The molecular formula is C28H37N3O5. The number of benzene rings is 1. The fraction of sp³-hybridized carbons (Fsp3) is 0.536. The number of aliphatic hydroxyl groups excluding tert-OH is 1. The van der Waals surface area contributed by atoms with Crippen LogP contribution in [-0.2, 0) is 17.7 Å². The number of Topliss-reactive ketones (excluding diaryl/α,β-unsaturated/α-hetero) is 1. The topological polar surface area (TPSA) is 101 Å². The number of ether oxygens (including phenoxy) is 2. The third-order valence-corrected chi connectivity index (χ3v) is 6.83. The quantitative estimate of drug-likeness (QED) is 0.511. The van der Waals surface area contributed by atoms with Crippen molar-refractivity contribution in [2.75, 3.05) is 19.7 Å². The van der Waals surface area contributed by atoms with Gasteiger partial charge in [0.05, 0.1) is 12.7 Å². The van der Waals surface area contributed by atoms with E-state index in [-0.39, 0.29) is 30.4 Å². The van der Waals surface area contributed by atoms with Gasteiger partial charge < -0.3 is 24.8 Å². The standard InChI is InChI=1S/C28H37N3O5/c1-19(2)18-35-28(34)31-13-10-23(11-14-31)36-27-16-21(9-12-29-27)25(32)7-8-26(33)24-15-20-5-3-4-6-22(20)17-30-24/h3-6,9,12,16,19,23-24,26,30,33H,7-8,10-11,13-15,17-18H2,1-2H3/t24-,26+/m0/s1. The monoisotopic (exact) mass is 495 g/mol. The molecule has 2 aliphatic heterocycles. The number of aliphatic hydroxyl groups is 1. The van der Waals surface area contributed by atoms with Crippen molar-refractivity contribution in [1.29, 1.82) is 0 Å². The predicted molar refractivity (Wildman–Crippen MR) is 136 cm³/mol. The van der Waals surface area contributed by atoms with Crippen LogP contribution >= 0.6 is 0 Å². The second-order valence-corrected chi connectivity index (χ2v) is 10.1. The number of hydrogen-bond acceptors (Lipinski definition) is 7. The first-order valence-electron chi connectivity index (χ1n) is 12.9. The van der Waals surface area contributed by atoms with Crippen molar-refractivity contribution in [3.8, 4) is 5.88 Å². The number of fused-ring (bicyclic) bond motifs is 1. The first-order valence-corrected chi connectivity index (χ1v) is 12.9. The number of rotatable bonds is 9. The lowest BCUT2D eigenvalue weighted by atomic mass is 9.91. The molecule has 2 atom stereocenters. The third-order valence-electron chi connectivity index (χ3n) is 6.83. The van der Waals surface area contributed by atoms with E-state index < -0.39 is 6.10 Å². The van der Waals surface area contributed by atoms with E-state index >= 15 is 0 Å². The summed E-state index contributed by atoms with van der Waals surface area (Å²) in [4.78, 5) is 31.0. The molecule has 1 saturated heterocycles. The number of likely N-dealkylation sites (tertiary alicyclic amines) is 1. The summed E-state index contributed by atoms with van der Waals surface area (Å²) in [6.45, 7) is 6.30. The van der Waals surface area contributed by atoms with Gasteiger partial charge in [0, 0.05) is 62.8 Å². The number of carbonyl (C=O) groups excluding carboxylic acids is 2. The molecule has 0 radical (unpaired) electrons. The summed E-state index contributed by atoms with van der Waals surface area (Å²) in [6.07, 6.45) is 3.40. The molecule has 1 aromatic carbocycles. The van der Waals surface area contributed by atoms with Crippen molar-refractivity contribution in [3.05, 3.63) is 59.3 Å². The van der Waals surface area contributed by atoms with Gasteiger partial charge in [-0.25, -0.2) is 9.78 Å². The Labute approximate surface area is 213 Å². The number of hydrogen-bond donors (Lipinski definition) is 2. The molecule has 0 saturated carbocycles. The Morgan fingerprint density at radius 1 is 1.17 bits per heavy atom.